The van der Waals surface area contributed by atoms with Gasteiger partial charge in [-0.25, -0.2) is 43.3 Å². The molecule has 0 bridgehead atoms. The van der Waals surface area contributed by atoms with Crippen LogP contribution in [0.4, 0.5) is 0 Å². The average molecular weight is 1320 g/mol. The first kappa shape index (κ1) is 82.1. The van der Waals surface area contributed by atoms with Gasteiger partial charge in [-0.1, -0.05) is 103 Å². The van der Waals surface area contributed by atoms with Crippen molar-refractivity contribution < 1.29 is 93.7 Å². The lowest BCUT2D eigenvalue weighted by molar-refractivity contribution is -1.02. The molecule has 3 fully saturated rings. The molecule has 0 spiro atoms. The maximum absolute atomic E-state index is 11.4. The van der Waals surface area contributed by atoms with Crippen LogP contribution in [0.1, 0.15) is 155 Å². The minimum absolute atomic E-state index is 0.0663. The molecule has 0 aromatic carbocycles. The summed E-state index contributed by atoms with van der Waals surface area (Å²) in [5.74, 6) is -1.90. The summed E-state index contributed by atoms with van der Waals surface area (Å²) < 4.78 is 143. The molecule has 3 heterocycles. The van der Waals surface area contributed by atoms with Gasteiger partial charge in [0, 0.05) is 72.9 Å². The van der Waals surface area contributed by atoms with E-state index < -0.39 is 40.5 Å². The molecule has 3 aliphatic rings. The molecule has 0 aliphatic carbocycles. The highest BCUT2D eigenvalue weighted by Crippen LogP contribution is 2.23. The highest BCUT2D eigenvalue weighted by atomic mass is 32.2. The van der Waals surface area contributed by atoms with Crippen molar-refractivity contribution in [3.8, 4) is 0 Å². The van der Waals surface area contributed by atoms with Gasteiger partial charge in [0.1, 0.15) is 26.2 Å². The Kier molecular flexibility index (Phi) is 39.9. The highest BCUT2D eigenvalue weighted by molar-refractivity contribution is 7.86. The van der Waals surface area contributed by atoms with Crippen molar-refractivity contribution in [2.45, 2.75) is 155 Å². The molecule has 3 aliphatic heterocycles. The third kappa shape index (κ3) is 43.5. The van der Waals surface area contributed by atoms with Crippen LogP contribution in [0, 0.1) is 0 Å². The second-order valence-corrected chi connectivity index (χ2v) is 31.7. The number of rotatable bonds is 43. The van der Waals surface area contributed by atoms with Crippen LogP contribution in [-0.4, -0.2) is 273 Å². The van der Waals surface area contributed by atoms with Gasteiger partial charge in [0.05, 0.1) is 147 Å². The lowest BCUT2D eigenvalue weighted by Crippen LogP contribution is -2.66. The van der Waals surface area contributed by atoms with Gasteiger partial charge in [0.15, 0.2) is 0 Å². The van der Waals surface area contributed by atoms with Crippen LogP contribution in [0.15, 0.2) is 37.0 Å². The monoisotopic (exact) mass is 1320 g/mol. The van der Waals surface area contributed by atoms with Gasteiger partial charge in [-0.15, -0.1) is 0 Å². The molecule has 0 aromatic rings. The zero-order chi connectivity index (χ0) is 65.7. The predicted molar refractivity (Wildman–Crippen MR) is 337 cm³/mol. The Balaban J connectivity index is 0.000000692. The molecule has 0 radical (unpaired) electrons. The van der Waals surface area contributed by atoms with Crippen LogP contribution in [-0.2, 0) is 64.3 Å². The van der Waals surface area contributed by atoms with Gasteiger partial charge in [-0.2, -0.15) is 0 Å². The van der Waals surface area contributed by atoms with Crippen molar-refractivity contribution in [3.63, 3.8) is 0 Å². The van der Waals surface area contributed by atoms with Gasteiger partial charge >= 0.3 is 11.9 Å². The van der Waals surface area contributed by atoms with Gasteiger partial charge in [0.25, 0.3) is 0 Å². The predicted octanol–water partition coefficient (Wildman–Crippen LogP) is 5.47. The zero-order valence-corrected chi connectivity index (χ0v) is 57.2. The Morgan fingerprint density at radius 2 is 0.701 bits per heavy atom. The first-order valence-corrected chi connectivity index (χ1v) is 38.2. The number of unbranched alkanes of at least 4 members (excludes halogenated alkanes) is 16. The van der Waals surface area contributed by atoms with Crippen molar-refractivity contribution in [3.05, 3.63) is 37.0 Å². The topological polar surface area (TPSA) is 305 Å². The van der Waals surface area contributed by atoms with E-state index in [-0.39, 0.29) is 40.9 Å². The Labute approximate surface area is 526 Å². The molecule has 3 saturated heterocycles. The Bertz CT molecular complexity index is 2490. The van der Waals surface area contributed by atoms with E-state index >= 15 is 0 Å². The van der Waals surface area contributed by atoms with E-state index in [9.17, 15) is 66.3 Å². The molecule has 510 valence electrons. The fourth-order valence-corrected chi connectivity index (χ4v) is 13.3. The SMILES string of the molecule is C=C(C)C(=O)OCCCCCCCCCCCN1CC[N+](C)(CCCS(=O)(=O)[O-])CC1.C=C(C)C(=O)OCCCCCCCCCCC[N+]1(CCCS(=O)(=O)[O-])CC[N+](C)(CCCS(=O)(=O)[O-])CC1.C=CC(=O)N1CC[N+](C)(CCCS(=O)(=O)[O-])CC1. The summed E-state index contributed by atoms with van der Waals surface area (Å²) in [6.07, 6.45) is 23.6. The van der Waals surface area contributed by atoms with Crippen LogP contribution < -0.4 is 0 Å². The third-order valence-electron chi connectivity index (χ3n) is 17.3. The Morgan fingerprint density at radius 1 is 0.414 bits per heavy atom. The summed E-state index contributed by atoms with van der Waals surface area (Å²) in [7, 11) is -10.4. The second-order valence-electron chi connectivity index (χ2n) is 25.6. The first-order valence-electron chi connectivity index (χ1n) is 31.9. The van der Waals surface area contributed by atoms with Crippen LogP contribution in [0.5, 0.6) is 0 Å². The maximum Gasteiger partial charge on any atom is 0.333 e. The minimum Gasteiger partial charge on any atom is -0.748 e. The lowest BCUT2D eigenvalue weighted by Gasteiger charge is -2.48. The van der Waals surface area contributed by atoms with E-state index in [1.165, 1.54) is 70.3 Å². The molecule has 27 heteroatoms. The zero-order valence-electron chi connectivity index (χ0n) is 54.0. The van der Waals surface area contributed by atoms with Gasteiger partial charge < -0.3 is 50.5 Å². The van der Waals surface area contributed by atoms with Gasteiger partial charge in [-0.05, 0) is 58.6 Å². The molecule has 0 N–H and O–H groups in total. The summed E-state index contributed by atoms with van der Waals surface area (Å²) >= 11 is 0. The smallest absolute Gasteiger partial charge is 0.333 e. The van der Waals surface area contributed by atoms with Crippen LogP contribution in [0.2, 0.25) is 0 Å². The molecule has 0 aromatic heterocycles. The summed E-state index contributed by atoms with van der Waals surface area (Å²) in [6.45, 7) is 30.1. The fraction of sp³-hybridized carbons (Fsp3) is 0.850. The van der Waals surface area contributed by atoms with E-state index in [0.717, 1.165) is 145 Å². The van der Waals surface area contributed by atoms with Crippen LogP contribution in [0.25, 0.3) is 0 Å². The van der Waals surface area contributed by atoms with Gasteiger partial charge in [0.2, 0.25) is 5.91 Å². The number of carbonyl (C=O) groups is 3. The number of hydrogen-bond acceptors (Lipinski definition) is 18. The van der Waals surface area contributed by atoms with Crippen LogP contribution in [0.3, 0.4) is 0 Å². The molecule has 1 amide bonds. The van der Waals surface area contributed by atoms with Crippen LogP contribution >= 0.6 is 0 Å². The second kappa shape index (κ2) is 42.3. The fourth-order valence-electron chi connectivity index (χ4n) is 11.4. The van der Waals surface area contributed by atoms with Crippen molar-refractivity contribution in [1.29, 1.82) is 0 Å². The minimum atomic E-state index is -4.23. The van der Waals surface area contributed by atoms with E-state index in [4.69, 9.17) is 9.47 Å². The lowest BCUT2D eigenvalue weighted by atomic mass is 10.1. The normalized spacial score (nSPS) is 19.8. The van der Waals surface area contributed by atoms with E-state index in [1.54, 1.807) is 18.7 Å². The average Bonchev–Trinajstić information content (AvgIpc) is 1.56. The molecular weight excluding hydrogens is 1200 g/mol. The summed E-state index contributed by atoms with van der Waals surface area (Å²) in [4.78, 5) is 38.2. The van der Waals surface area contributed by atoms with Crippen molar-refractivity contribution in [2.75, 3.05) is 175 Å². The third-order valence-corrected chi connectivity index (χ3v) is 20.5. The Morgan fingerprint density at radius 3 is 1.03 bits per heavy atom. The number of nitrogens with zero attached hydrogens (tertiary/aromatic N) is 6. The van der Waals surface area contributed by atoms with Crippen molar-refractivity contribution in [2.24, 2.45) is 0 Å². The number of hydrogen-bond donors (Lipinski definition) is 0. The number of quaternary nitrogens is 4. The number of piperazine rings is 3. The molecule has 0 atom stereocenters. The largest absolute Gasteiger partial charge is 0.748 e. The highest BCUT2D eigenvalue weighted by Gasteiger charge is 2.39. The number of likely N-dealkylation sites (N-methyl/N-ethyl adjacent to an activating group) is 3. The van der Waals surface area contributed by atoms with Crippen molar-refractivity contribution >= 4 is 58.3 Å². The molecule has 0 saturated carbocycles. The number of carbonyl (C=O) groups excluding carboxylic acids is 3. The molecule has 3 rings (SSSR count). The van der Waals surface area contributed by atoms with E-state index in [2.05, 4.69) is 38.7 Å². The summed E-state index contributed by atoms with van der Waals surface area (Å²) in [6, 6.07) is 0. The summed E-state index contributed by atoms with van der Waals surface area (Å²) in [5, 5.41) is 0. The summed E-state index contributed by atoms with van der Waals surface area (Å²) in [5.41, 5.74) is 0.891. The number of esters is 2. The molecule has 23 nitrogen and oxygen atoms in total. The molecular formula is C60H114N6O17S4. The first-order chi connectivity index (χ1) is 40.5. The van der Waals surface area contributed by atoms with E-state index in [1.807, 2.05) is 7.05 Å². The van der Waals surface area contributed by atoms with Crippen molar-refractivity contribution in [1.82, 2.24) is 9.80 Å². The standard InChI is InChI=1S/C26H50N2O8S2.C23H44N2O5S.C11H20N2O4S/c1-25(2)26(29)36-22-12-10-8-6-4-5-7-9-11-16-28(17-14-24-38(33,34)35)20-18-27(3,19-21-28)15-13-23-37(30,31)32;1-22(2)23(26)30-20-12-10-8-6-4-5-7-9-11-14-24-15-18-25(3,19-16-24)17-13-21-31(27,28)29;1-3-11(14)12-5-8-13(2,9-6-12)7-4-10-18(15,16)17/h1,4-24H2,2-3H3;1,4-21H2,2-3H3;3H,1,4-10H2,2H3. The molecule has 87 heavy (non-hydrogen) atoms. The number of ether oxygens (including phenoxy) is 2. The Hall–Kier alpha value is -2.93. The molecule has 0 unspecified atom stereocenters. The van der Waals surface area contributed by atoms with E-state index in [0.29, 0.717) is 91.7 Å². The quantitative estimate of drug-likeness (QED) is 0.0240. The van der Waals surface area contributed by atoms with Gasteiger partial charge in [-0.3, -0.25) is 9.69 Å². The number of amides is 1. The maximum atomic E-state index is 11.4.